The fraction of sp³-hybridized carbons (Fsp3) is 0.526. The predicted octanol–water partition coefficient (Wildman–Crippen LogP) is 3.83. The van der Waals surface area contributed by atoms with Gasteiger partial charge in [0.25, 0.3) is 0 Å². The molecule has 2 rings (SSSR count). The van der Waals surface area contributed by atoms with Crippen LogP contribution in [0, 0.1) is 5.92 Å². The Kier molecular flexibility index (Phi) is 6.50. The first kappa shape index (κ1) is 16.6. The van der Waals surface area contributed by atoms with Crippen LogP contribution in [0.25, 0.3) is 0 Å². The highest BCUT2D eigenvalue weighted by atomic mass is 16.5. The van der Waals surface area contributed by atoms with Gasteiger partial charge < -0.3 is 9.64 Å². The number of piperidine rings is 1. The maximum absolute atomic E-state index is 12.1. The quantitative estimate of drug-likeness (QED) is 0.716. The molecule has 0 bridgehead atoms. The molecule has 1 fully saturated rings. The van der Waals surface area contributed by atoms with Crippen LogP contribution >= 0.6 is 0 Å². The van der Waals surface area contributed by atoms with E-state index in [2.05, 4.69) is 18.7 Å². The maximum atomic E-state index is 12.1. The monoisotopic (exact) mass is 301 g/mol. The molecule has 22 heavy (non-hydrogen) atoms. The lowest BCUT2D eigenvalue weighted by atomic mass is 9.91. The molecule has 1 saturated heterocycles. The van der Waals surface area contributed by atoms with Crippen molar-refractivity contribution in [2.24, 2.45) is 5.92 Å². The van der Waals surface area contributed by atoms with Crippen molar-refractivity contribution in [2.75, 3.05) is 20.2 Å². The molecule has 1 heterocycles. The Morgan fingerprint density at radius 2 is 2.18 bits per heavy atom. The zero-order valence-corrected chi connectivity index (χ0v) is 13.6. The summed E-state index contributed by atoms with van der Waals surface area (Å²) in [5.41, 5.74) is 1.34. The van der Waals surface area contributed by atoms with Gasteiger partial charge in [-0.25, -0.2) is 0 Å². The third kappa shape index (κ3) is 4.90. The van der Waals surface area contributed by atoms with Crippen molar-refractivity contribution >= 4 is 5.91 Å². The normalized spacial score (nSPS) is 18.0. The van der Waals surface area contributed by atoms with Gasteiger partial charge in [-0.2, -0.15) is 0 Å². The highest BCUT2D eigenvalue weighted by Crippen LogP contribution is 2.23. The molecule has 1 aromatic carbocycles. The molecule has 120 valence electrons. The molecule has 1 unspecified atom stereocenters. The molecule has 1 amide bonds. The molecule has 0 aliphatic carbocycles. The van der Waals surface area contributed by atoms with E-state index in [4.69, 9.17) is 4.74 Å². The van der Waals surface area contributed by atoms with Gasteiger partial charge in [0, 0.05) is 19.5 Å². The van der Waals surface area contributed by atoms with Gasteiger partial charge in [0.2, 0.25) is 5.91 Å². The lowest BCUT2D eigenvalue weighted by Gasteiger charge is -2.33. The molecule has 3 heteroatoms. The van der Waals surface area contributed by atoms with Gasteiger partial charge in [0.1, 0.15) is 5.75 Å². The van der Waals surface area contributed by atoms with Crippen LogP contribution in [-0.2, 0) is 11.2 Å². The molecular weight excluding hydrogens is 274 g/mol. The van der Waals surface area contributed by atoms with Crippen molar-refractivity contribution in [2.45, 2.75) is 38.5 Å². The molecule has 1 atom stereocenters. The largest absolute Gasteiger partial charge is 0.497 e. The SMILES string of the molecule is C=CCCC(=O)N1CCCC(CCc2ccc(OC)cc2)C1. The van der Waals surface area contributed by atoms with E-state index in [1.165, 1.54) is 12.0 Å². The number of rotatable bonds is 7. The van der Waals surface area contributed by atoms with Crippen molar-refractivity contribution in [1.82, 2.24) is 4.90 Å². The summed E-state index contributed by atoms with van der Waals surface area (Å²) in [7, 11) is 1.69. The minimum absolute atomic E-state index is 0.286. The van der Waals surface area contributed by atoms with Crippen LogP contribution in [0.3, 0.4) is 0 Å². The zero-order chi connectivity index (χ0) is 15.8. The summed E-state index contributed by atoms with van der Waals surface area (Å²) in [6, 6.07) is 8.30. The van der Waals surface area contributed by atoms with Crippen LogP contribution < -0.4 is 4.74 Å². The molecule has 3 nitrogen and oxygen atoms in total. The zero-order valence-electron chi connectivity index (χ0n) is 13.6. The Hall–Kier alpha value is -1.77. The van der Waals surface area contributed by atoms with Gasteiger partial charge in [0.05, 0.1) is 7.11 Å². The fourth-order valence-corrected chi connectivity index (χ4v) is 3.07. The number of allylic oxidation sites excluding steroid dienone is 1. The van der Waals surface area contributed by atoms with Gasteiger partial charge in [-0.3, -0.25) is 4.79 Å². The van der Waals surface area contributed by atoms with E-state index in [1.807, 2.05) is 23.1 Å². The van der Waals surface area contributed by atoms with Gasteiger partial charge in [-0.05, 0) is 55.7 Å². The summed E-state index contributed by atoms with van der Waals surface area (Å²) in [5.74, 6) is 1.82. The summed E-state index contributed by atoms with van der Waals surface area (Å²) in [5, 5.41) is 0. The van der Waals surface area contributed by atoms with E-state index in [-0.39, 0.29) is 5.91 Å². The summed E-state index contributed by atoms with van der Waals surface area (Å²) >= 11 is 0. The Morgan fingerprint density at radius 1 is 1.41 bits per heavy atom. The van der Waals surface area contributed by atoms with Gasteiger partial charge in [-0.15, -0.1) is 6.58 Å². The van der Waals surface area contributed by atoms with Crippen LogP contribution in [0.5, 0.6) is 5.75 Å². The number of carbonyl (C=O) groups excluding carboxylic acids is 1. The molecule has 1 aromatic rings. The van der Waals surface area contributed by atoms with Gasteiger partial charge >= 0.3 is 0 Å². The molecule has 0 aromatic heterocycles. The van der Waals surface area contributed by atoms with Crippen molar-refractivity contribution in [3.05, 3.63) is 42.5 Å². The Morgan fingerprint density at radius 3 is 2.86 bits per heavy atom. The Labute approximate surface area is 134 Å². The van der Waals surface area contributed by atoms with E-state index >= 15 is 0 Å². The van der Waals surface area contributed by atoms with Crippen molar-refractivity contribution in [1.29, 1.82) is 0 Å². The molecular formula is C19H27NO2. The summed E-state index contributed by atoms with van der Waals surface area (Å²) < 4.78 is 5.19. The number of carbonyl (C=O) groups is 1. The number of methoxy groups -OCH3 is 1. The average molecular weight is 301 g/mol. The van der Waals surface area contributed by atoms with Crippen LogP contribution in [0.15, 0.2) is 36.9 Å². The fourth-order valence-electron chi connectivity index (χ4n) is 3.07. The van der Waals surface area contributed by atoms with Crippen LogP contribution in [0.1, 0.15) is 37.7 Å². The number of hydrogen-bond donors (Lipinski definition) is 0. The lowest BCUT2D eigenvalue weighted by molar-refractivity contribution is -0.132. The summed E-state index contributed by atoms with van der Waals surface area (Å²) in [6.07, 6.45) is 7.80. The van der Waals surface area contributed by atoms with Crippen LogP contribution in [0.2, 0.25) is 0 Å². The molecule has 0 spiro atoms. The number of nitrogens with zero attached hydrogens (tertiary/aromatic N) is 1. The van der Waals surface area contributed by atoms with Crippen LogP contribution in [0.4, 0.5) is 0 Å². The third-order valence-electron chi connectivity index (χ3n) is 4.43. The standard InChI is InChI=1S/C19H27NO2/c1-3-4-7-19(21)20-14-5-6-17(15-20)9-8-16-10-12-18(22-2)13-11-16/h3,10-13,17H,1,4-9,14-15H2,2H3. The van der Waals surface area contributed by atoms with E-state index < -0.39 is 0 Å². The highest BCUT2D eigenvalue weighted by Gasteiger charge is 2.22. The Bertz CT molecular complexity index is 481. The second kappa shape index (κ2) is 8.62. The average Bonchev–Trinajstić information content (AvgIpc) is 2.58. The van der Waals surface area contributed by atoms with E-state index in [9.17, 15) is 4.79 Å². The molecule has 1 aliphatic rings. The highest BCUT2D eigenvalue weighted by molar-refractivity contribution is 5.76. The molecule has 0 radical (unpaired) electrons. The lowest BCUT2D eigenvalue weighted by Crippen LogP contribution is -2.39. The summed E-state index contributed by atoms with van der Waals surface area (Å²) in [6.45, 7) is 5.54. The van der Waals surface area contributed by atoms with Crippen LogP contribution in [-0.4, -0.2) is 31.0 Å². The first-order valence-corrected chi connectivity index (χ1v) is 8.24. The van der Waals surface area contributed by atoms with Gasteiger partial charge in [-0.1, -0.05) is 18.2 Å². The Balaban J connectivity index is 1.79. The van der Waals surface area contributed by atoms with Crippen molar-refractivity contribution < 1.29 is 9.53 Å². The first-order valence-electron chi connectivity index (χ1n) is 8.24. The van der Waals surface area contributed by atoms with E-state index in [1.54, 1.807) is 7.11 Å². The van der Waals surface area contributed by atoms with E-state index in [0.29, 0.717) is 12.3 Å². The number of benzene rings is 1. The summed E-state index contributed by atoms with van der Waals surface area (Å²) in [4.78, 5) is 14.2. The topological polar surface area (TPSA) is 29.5 Å². The predicted molar refractivity (Wildman–Crippen MR) is 90.1 cm³/mol. The number of hydrogen-bond acceptors (Lipinski definition) is 2. The second-order valence-corrected chi connectivity index (χ2v) is 6.06. The van der Waals surface area contributed by atoms with Crippen molar-refractivity contribution in [3.8, 4) is 5.75 Å². The van der Waals surface area contributed by atoms with E-state index in [0.717, 1.165) is 44.5 Å². The number of likely N-dealkylation sites (tertiary alicyclic amines) is 1. The number of aryl methyl sites for hydroxylation is 1. The smallest absolute Gasteiger partial charge is 0.222 e. The molecule has 0 N–H and O–H groups in total. The molecule has 1 aliphatic heterocycles. The third-order valence-corrected chi connectivity index (χ3v) is 4.43. The maximum Gasteiger partial charge on any atom is 0.222 e. The number of amides is 1. The number of ether oxygens (including phenoxy) is 1. The minimum Gasteiger partial charge on any atom is -0.497 e. The van der Waals surface area contributed by atoms with Crippen molar-refractivity contribution in [3.63, 3.8) is 0 Å². The van der Waals surface area contributed by atoms with Gasteiger partial charge in [0.15, 0.2) is 0 Å². The first-order chi connectivity index (χ1) is 10.7. The molecule has 0 saturated carbocycles. The minimum atomic E-state index is 0.286. The second-order valence-electron chi connectivity index (χ2n) is 6.06.